The minimum absolute atomic E-state index is 1.23. The van der Waals surface area contributed by atoms with Crippen LogP contribution in [0.25, 0.3) is 33.4 Å². The largest absolute Gasteiger partial charge is 0.377 e. The molecule has 0 bridgehead atoms. The van der Waals surface area contributed by atoms with Gasteiger partial charge in [0.2, 0.25) is 0 Å². The van der Waals surface area contributed by atoms with Crippen molar-refractivity contribution in [3.05, 3.63) is 103 Å². The molecule has 0 unspecified atom stereocenters. The second-order valence-corrected chi connectivity index (χ2v) is 6.88. The Labute approximate surface area is 257 Å². The van der Waals surface area contributed by atoms with Crippen LogP contribution >= 0.6 is 0 Å². The van der Waals surface area contributed by atoms with E-state index in [9.17, 15) is 0 Å². The molecule has 41 heavy (non-hydrogen) atoms. The number of nitrogens with zero attached hydrogens (tertiary/aromatic N) is 1. The Kier molecular flexibility index (Phi) is 35.9. The fourth-order valence-corrected chi connectivity index (χ4v) is 3.66. The zero-order valence-electron chi connectivity index (χ0n) is 29.8. The van der Waals surface area contributed by atoms with Crippen molar-refractivity contribution in [2.45, 2.75) is 96.9 Å². The smallest absolute Gasteiger partial charge is 0.0526 e. The Bertz CT molecular complexity index is 1020. The summed E-state index contributed by atoms with van der Waals surface area (Å²) in [5.41, 5.74) is 8.72. The maximum atomic E-state index is 2.26. The molecule has 4 aromatic carbocycles. The van der Waals surface area contributed by atoms with Crippen LogP contribution in [-0.4, -0.2) is 14.1 Å². The fourth-order valence-electron chi connectivity index (χ4n) is 3.66. The average Bonchev–Trinajstić information content (AvgIpc) is 3.11. The Morgan fingerprint density at radius 1 is 0.317 bits per heavy atom. The third-order valence-electron chi connectivity index (χ3n) is 4.86. The van der Waals surface area contributed by atoms with Crippen molar-refractivity contribution in [2.75, 3.05) is 19.0 Å². The minimum Gasteiger partial charge on any atom is -0.377 e. The van der Waals surface area contributed by atoms with Crippen molar-refractivity contribution < 1.29 is 0 Å². The zero-order valence-corrected chi connectivity index (χ0v) is 29.8. The molecule has 0 saturated carbocycles. The number of hydrogen-bond acceptors (Lipinski definition) is 1. The van der Waals surface area contributed by atoms with Crippen molar-refractivity contribution in [2.24, 2.45) is 0 Å². The molecule has 4 aromatic rings. The van der Waals surface area contributed by atoms with E-state index in [0.29, 0.717) is 0 Å². The SMILES string of the molecule is CC.CC.CC.CC.CC.CC.CC.CN(C)c1c(-c2ccccc2)ccc(-c2ccccc2)c1-c1ccccc1. The van der Waals surface area contributed by atoms with E-state index in [1.165, 1.54) is 39.1 Å². The normalized spacial score (nSPS) is 8.00. The molecule has 0 aromatic heterocycles. The summed E-state index contributed by atoms with van der Waals surface area (Å²) in [6, 6.07) is 36.5. The quantitative estimate of drug-likeness (QED) is 0.240. The summed E-state index contributed by atoms with van der Waals surface area (Å²) in [4.78, 5) is 2.23. The highest BCUT2D eigenvalue weighted by molar-refractivity contribution is 5.99. The van der Waals surface area contributed by atoms with E-state index >= 15 is 0 Å². The first-order chi connectivity index (χ1) is 20.3. The van der Waals surface area contributed by atoms with E-state index in [1.807, 2.05) is 96.9 Å². The fraction of sp³-hybridized carbons (Fsp3) is 0.400. The monoisotopic (exact) mass is 560 g/mol. The molecule has 0 fully saturated rings. The molecule has 0 atom stereocenters. The van der Waals surface area contributed by atoms with Gasteiger partial charge in [0.15, 0.2) is 0 Å². The maximum absolute atomic E-state index is 2.26. The molecule has 1 nitrogen and oxygen atoms in total. The second-order valence-electron chi connectivity index (χ2n) is 6.88. The summed E-state index contributed by atoms with van der Waals surface area (Å²) in [7, 11) is 4.26. The standard InChI is InChI=1S/C26H23N.7C2H6/c1-27(2)26-24(21-14-8-4-9-15-21)19-18-23(20-12-6-3-7-13-20)25(26)22-16-10-5-11-17-22;7*1-2/h3-19H,1-2H3;7*1-2H3. The minimum atomic E-state index is 1.23. The molecule has 0 amide bonds. The van der Waals surface area contributed by atoms with E-state index in [2.05, 4.69) is 122 Å². The molecule has 230 valence electrons. The van der Waals surface area contributed by atoms with Crippen molar-refractivity contribution in [3.63, 3.8) is 0 Å². The Balaban J connectivity index is -0.000000430. The van der Waals surface area contributed by atoms with Crippen LogP contribution in [0.4, 0.5) is 5.69 Å². The van der Waals surface area contributed by atoms with Crippen molar-refractivity contribution in [3.8, 4) is 33.4 Å². The number of benzene rings is 4. The maximum Gasteiger partial charge on any atom is 0.0526 e. The van der Waals surface area contributed by atoms with Gasteiger partial charge >= 0.3 is 0 Å². The molecule has 0 radical (unpaired) electrons. The lowest BCUT2D eigenvalue weighted by Gasteiger charge is -2.25. The van der Waals surface area contributed by atoms with Gasteiger partial charge in [-0.15, -0.1) is 0 Å². The first-order valence-electron chi connectivity index (χ1n) is 16.3. The number of hydrogen-bond donors (Lipinski definition) is 0. The highest BCUT2D eigenvalue weighted by atomic mass is 15.1. The van der Waals surface area contributed by atoms with Gasteiger partial charge in [-0.1, -0.05) is 200 Å². The van der Waals surface area contributed by atoms with Gasteiger partial charge in [0.25, 0.3) is 0 Å². The molecule has 0 aliphatic carbocycles. The van der Waals surface area contributed by atoms with Crippen LogP contribution in [0.15, 0.2) is 103 Å². The summed E-state index contributed by atoms with van der Waals surface area (Å²) < 4.78 is 0. The average molecular weight is 560 g/mol. The van der Waals surface area contributed by atoms with E-state index < -0.39 is 0 Å². The highest BCUT2D eigenvalue weighted by Gasteiger charge is 2.18. The topological polar surface area (TPSA) is 3.24 Å². The highest BCUT2D eigenvalue weighted by Crippen LogP contribution is 2.44. The van der Waals surface area contributed by atoms with Gasteiger partial charge in [-0.2, -0.15) is 0 Å². The summed E-state index contributed by atoms with van der Waals surface area (Å²) in [5, 5.41) is 0. The molecule has 0 spiro atoms. The van der Waals surface area contributed by atoms with Gasteiger partial charge < -0.3 is 4.90 Å². The zero-order chi connectivity index (χ0) is 32.6. The van der Waals surface area contributed by atoms with Crippen LogP contribution in [0.2, 0.25) is 0 Å². The summed E-state index contributed by atoms with van der Waals surface area (Å²) in [6.07, 6.45) is 0. The van der Waals surface area contributed by atoms with Gasteiger partial charge in [-0.25, -0.2) is 0 Å². The van der Waals surface area contributed by atoms with Crippen LogP contribution in [0.3, 0.4) is 0 Å². The number of anilines is 1. The molecule has 4 rings (SSSR count). The summed E-state index contributed by atoms with van der Waals surface area (Å²) in [6.45, 7) is 28.0. The Hall–Kier alpha value is -3.32. The molecule has 0 aliphatic rings. The van der Waals surface area contributed by atoms with E-state index in [1.54, 1.807) is 0 Å². The predicted molar refractivity (Wildman–Crippen MR) is 197 cm³/mol. The molecule has 0 N–H and O–H groups in total. The molecule has 0 saturated heterocycles. The molecular weight excluding hydrogens is 494 g/mol. The van der Waals surface area contributed by atoms with Crippen LogP contribution in [0, 0.1) is 0 Å². The summed E-state index contributed by atoms with van der Waals surface area (Å²) >= 11 is 0. The Morgan fingerprint density at radius 3 is 0.902 bits per heavy atom. The second kappa shape index (κ2) is 32.9. The first-order valence-corrected chi connectivity index (χ1v) is 16.3. The van der Waals surface area contributed by atoms with Crippen LogP contribution in [-0.2, 0) is 0 Å². The number of rotatable bonds is 4. The molecular formula is C40H65N. The summed E-state index contributed by atoms with van der Waals surface area (Å²) in [5.74, 6) is 0. The van der Waals surface area contributed by atoms with Gasteiger partial charge in [-0.3, -0.25) is 0 Å². The van der Waals surface area contributed by atoms with Gasteiger partial charge in [0.05, 0.1) is 5.69 Å². The van der Waals surface area contributed by atoms with E-state index in [-0.39, 0.29) is 0 Å². The molecule has 0 heterocycles. The van der Waals surface area contributed by atoms with E-state index in [0.717, 1.165) is 0 Å². The third kappa shape index (κ3) is 15.3. The first kappa shape index (κ1) is 44.7. The van der Waals surface area contributed by atoms with Crippen molar-refractivity contribution in [1.29, 1.82) is 0 Å². The molecule has 0 aliphatic heterocycles. The van der Waals surface area contributed by atoms with Gasteiger partial charge in [0.1, 0.15) is 0 Å². The Morgan fingerprint density at radius 2 is 0.585 bits per heavy atom. The van der Waals surface area contributed by atoms with E-state index in [4.69, 9.17) is 0 Å². The van der Waals surface area contributed by atoms with Crippen LogP contribution in [0.5, 0.6) is 0 Å². The van der Waals surface area contributed by atoms with Gasteiger partial charge in [0, 0.05) is 25.2 Å². The lowest BCUT2D eigenvalue weighted by molar-refractivity contribution is 1.13. The predicted octanol–water partition coefficient (Wildman–Crippen LogP) is 13.9. The lowest BCUT2D eigenvalue weighted by atomic mass is 9.88. The molecule has 1 heteroatoms. The van der Waals surface area contributed by atoms with Crippen LogP contribution < -0.4 is 4.90 Å². The van der Waals surface area contributed by atoms with Gasteiger partial charge in [-0.05, 0) is 22.3 Å². The van der Waals surface area contributed by atoms with Crippen LogP contribution in [0.1, 0.15) is 96.9 Å². The third-order valence-corrected chi connectivity index (χ3v) is 4.86. The lowest BCUT2D eigenvalue weighted by Crippen LogP contribution is -2.12. The van der Waals surface area contributed by atoms with Crippen molar-refractivity contribution >= 4 is 5.69 Å². The van der Waals surface area contributed by atoms with Crippen molar-refractivity contribution in [1.82, 2.24) is 0 Å².